The minimum Gasteiger partial charge on any atom is -0.467 e. The summed E-state index contributed by atoms with van der Waals surface area (Å²) in [7, 11) is 0. The molecule has 14 heteroatoms. The molecule has 15 N–H and O–H groups in total. The van der Waals surface area contributed by atoms with Crippen molar-refractivity contribution in [3.05, 3.63) is 11.8 Å². The molecule has 35 heavy (non-hydrogen) atoms. The standard InChI is InChI=1S/C21H42N8O6/c22-5-3-12(30)10-28-15-2-1-13(9-23)34-20(15)35-18-14(24)7-11(8-17(18)32)29-19(33)16(31)4-6-27-21(25)26/h1,11-12,14-18,20,28,30-32H,2-10,22-24H2,(H,29,33)(H4,25,26,27)/t11-,12?,14+,15-,16+,17-,18?,20-/m1/s1. The molecule has 0 aromatic heterocycles. The zero-order valence-corrected chi connectivity index (χ0v) is 19.9. The van der Waals surface area contributed by atoms with Gasteiger partial charge in [-0.1, -0.05) is 0 Å². The van der Waals surface area contributed by atoms with Crippen molar-refractivity contribution in [2.45, 2.75) is 80.9 Å². The summed E-state index contributed by atoms with van der Waals surface area (Å²) >= 11 is 0. The topological polar surface area (TPSA) is 260 Å². The van der Waals surface area contributed by atoms with Gasteiger partial charge in [-0.15, -0.1) is 0 Å². The van der Waals surface area contributed by atoms with Gasteiger partial charge in [0.25, 0.3) is 0 Å². The van der Waals surface area contributed by atoms with E-state index in [9.17, 15) is 20.1 Å². The van der Waals surface area contributed by atoms with Crippen LogP contribution in [0.15, 0.2) is 11.8 Å². The van der Waals surface area contributed by atoms with Crippen molar-refractivity contribution in [2.24, 2.45) is 22.9 Å². The maximum Gasteiger partial charge on any atom is 0.249 e. The number of ether oxygens (including phenoxy) is 2. The number of aliphatic hydroxyl groups excluding tert-OH is 3. The van der Waals surface area contributed by atoms with E-state index >= 15 is 0 Å². The van der Waals surface area contributed by atoms with Gasteiger partial charge in [0.1, 0.15) is 18.0 Å². The third-order valence-corrected chi connectivity index (χ3v) is 6.07. The van der Waals surface area contributed by atoms with Crippen molar-refractivity contribution < 1.29 is 29.6 Å². The quantitative estimate of drug-likeness (QED) is 0.0846. The summed E-state index contributed by atoms with van der Waals surface area (Å²) in [6.45, 7) is 1.04. The van der Waals surface area contributed by atoms with Crippen LogP contribution in [0.25, 0.3) is 0 Å². The van der Waals surface area contributed by atoms with Crippen LogP contribution in [0, 0.1) is 5.41 Å². The van der Waals surface area contributed by atoms with Gasteiger partial charge in [0.15, 0.2) is 5.96 Å². The summed E-state index contributed by atoms with van der Waals surface area (Å²) in [5, 5.41) is 46.3. The highest BCUT2D eigenvalue weighted by Gasteiger charge is 2.41. The summed E-state index contributed by atoms with van der Waals surface area (Å²) < 4.78 is 12.0. The van der Waals surface area contributed by atoms with Crippen LogP contribution in [-0.4, -0.2) is 102 Å². The Bertz CT molecular complexity index is 701. The summed E-state index contributed by atoms with van der Waals surface area (Å²) in [6, 6.07) is -1.36. The number of rotatable bonds is 13. The number of aliphatic hydroxyl groups is 3. The van der Waals surface area contributed by atoms with Crippen molar-refractivity contribution in [2.75, 3.05) is 26.2 Å². The monoisotopic (exact) mass is 502 g/mol. The van der Waals surface area contributed by atoms with Gasteiger partial charge in [0, 0.05) is 25.2 Å². The Labute approximate surface area is 205 Å². The van der Waals surface area contributed by atoms with Crippen LogP contribution in [0.4, 0.5) is 0 Å². The van der Waals surface area contributed by atoms with Crippen molar-refractivity contribution in [1.82, 2.24) is 16.0 Å². The van der Waals surface area contributed by atoms with Crippen molar-refractivity contribution >= 4 is 11.9 Å². The Morgan fingerprint density at radius 1 is 1.29 bits per heavy atom. The van der Waals surface area contributed by atoms with Gasteiger partial charge in [-0.3, -0.25) is 10.2 Å². The highest BCUT2D eigenvalue weighted by molar-refractivity contribution is 5.81. The van der Waals surface area contributed by atoms with Gasteiger partial charge >= 0.3 is 0 Å². The molecule has 1 fully saturated rings. The van der Waals surface area contributed by atoms with Gasteiger partial charge in [0.2, 0.25) is 12.2 Å². The largest absolute Gasteiger partial charge is 0.467 e. The van der Waals surface area contributed by atoms with E-state index in [1.165, 1.54) is 0 Å². The molecule has 1 saturated carbocycles. The molecular formula is C21H42N8O6. The Kier molecular flexibility index (Phi) is 12.1. The van der Waals surface area contributed by atoms with Crippen LogP contribution in [0.1, 0.15) is 32.1 Å². The molecular weight excluding hydrogens is 460 g/mol. The van der Waals surface area contributed by atoms with Gasteiger partial charge in [-0.05, 0) is 44.7 Å². The molecule has 2 aliphatic rings. The lowest BCUT2D eigenvalue weighted by Crippen LogP contribution is -2.59. The fourth-order valence-corrected chi connectivity index (χ4v) is 4.17. The third kappa shape index (κ3) is 9.50. The van der Waals surface area contributed by atoms with E-state index in [-0.39, 0.29) is 37.9 Å². The Hall–Kier alpha value is -2.04. The minimum atomic E-state index is -1.29. The molecule has 0 spiro atoms. The van der Waals surface area contributed by atoms with E-state index in [4.69, 9.17) is 37.8 Å². The van der Waals surface area contributed by atoms with E-state index < -0.39 is 48.7 Å². The first-order valence-corrected chi connectivity index (χ1v) is 12.0. The van der Waals surface area contributed by atoms with Crippen molar-refractivity contribution in [3.8, 4) is 0 Å². The zero-order chi connectivity index (χ0) is 26.0. The van der Waals surface area contributed by atoms with Gasteiger partial charge < -0.3 is 63.7 Å². The van der Waals surface area contributed by atoms with E-state index in [1.54, 1.807) is 0 Å². The predicted molar refractivity (Wildman–Crippen MR) is 129 cm³/mol. The van der Waals surface area contributed by atoms with E-state index in [0.29, 0.717) is 38.1 Å². The number of nitrogens with two attached hydrogens (primary N) is 4. The van der Waals surface area contributed by atoms with Crippen LogP contribution in [0.5, 0.6) is 0 Å². The Morgan fingerprint density at radius 2 is 2.03 bits per heavy atom. The number of guanidine groups is 1. The maximum atomic E-state index is 12.3. The van der Waals surface area contributed by atoms with E-state index in [2.05, 4.69) is 16.0 Å². The average Bonchev–Trinajstić information content (AvgIpc) is 2.80. The third-order valence-electron chi connectivity index (χ3n) is 6.07. The first kappa shape index (κ1) is 29.2. The van der Waals surface area contributed by atoms with Crippen molar-refractivity contribution in [3.63, 3.8) is 0 Å². The zero-order valence-electron chi connectivity index (χ0n) is 19.9. The second kappa shape index (κ2) is 14.5. The maximum absolute atomic E-state index is 12.3. The lowest BCUT2D eigenvalue weighted by Gasteiger charge is -2.42. The van der Waals surface area contributed by atoms with Gasteiger partial charge in [-0.2, -0.15) is 0 Å². The highest BCUT2D eigenvalue weighted by atomic mass is 16.7. The molecule has 8 atom stereocenters. The molecule has 1 aliphatic heterocycles. The van der Waals surface area contributed by atoms with Crippen LogP contribution >= 0.6 is 0 Å². The normalized spacial score (nSPS) is 30.5. The lowest BCUT2D eigenvalue weighted by atomic mass is 9.86. The molecule has 0 bridgehead atoms. The van der Waals surface area contributed by atoms with Crippen LogP contribution in [0.3, 0.4) is 0 Å². The molecule has 0 saturated heterocycles. The van der Waals surface area contributed by atoms with Crippen LogP contribution in [0.2, 0.25) is 0 Å². The molecule has 14 nitrogen and oxygen atoms in total. The lowest BCUT2D eigenvalue weighted by molar-refractivity contribution is -0.206. The Balaban J connectivity index is 1.91. The molecule has 0 aromatic rings. The second-order valence-electron chi connectivity index (χ2n) is 9.00. The Morgan fingerprint density at radius 3 is 2.66 bits per heavy atom. The number of nitrogens with one attached hydrogen (secondary N) is 4. The smallest absolute Gasteiger partial charge is 0.249 e. The molecule has 1 amide bonds. The molecule has 1 aliphatic carbocycles. The van der Waals surface area contributed by atoms with E-state index in [1.807, 2.05) is 6.08 Å². The summed E-state index contributed by atoms with van der Waals surface area (Å²) in [5.41, 5.74) is 22.7. The first-order valence-electron chi connectivity index (χ1n) is 12.0. The summed E-state index contributed by atoms with van der Waals surface area (Å²) in [6.07, 6.45) is -0.978. The fourth-order valence-electron chi connectivity index (χ4n) is 4.17. The first-order chi connectivity index (χ1) is 16.6. The number of carbonyl (C=O) groups is 1. The number of amides is 1. The van der Waals surface area contributed by atoms with Gasteiger partial charge in [-0.25, -0.2) is 0 Å². The van der Waals surface area contributed by atoms with Crippen LogP contribution in [-0.2, 0) is 14.3 Å². The van der Waals surface area contributed by atoms with Crippen molar-refractivity contribution in [1.29, 1.82) is 5.41 Å². The van der Waals surface area contributed by atoms with Gasteiger partial charge in [0.05, 0.1) is 24.8 Å². The number of hydrogen-bond acceptors (Lipinski definition) is 11. The summed E-state index contributed by atoms with van der Waals surface area (Å²) in [5.74, 6) is -0.272. The fraction of sp³-hybridized carbons (Fsp3) is 0.810. The molecule has 2 rings (SSSR count). The predicted octanol–water partition coefficient (Wildman–Crippen LogP) is -4.17. The molecule has 0 radical (unpaired) electrons. The van der Waals surface area contributed by atoms with E-state index in [0.717, 1.165) is 0 Å². The number of carbonyl (C=O) groups excluding carboxylic acids is 1. The number of hydrogen-bond donors (Lipinski definition) is 11. The molecule has 0 aromatic carbocycles. The second-order valence-corrected chi connectivity index (χ2v) is 9.00. The van der Waals surface area contributed by atoms with Crippen LogP contribution < -0.4 is 38.9 Å². The molecule has 1 heterocycles. The molecule has 202 valence electrons. The molecule has 2 unspecified atom stereocenters. The summed E-state index contributed by atoms with van der Waals surface area (Å²) in [4.78, 5) is 12.3. The SMILES string of the molecule is N=C(N)NCC[C@H](O)C(=O)N[C@H]1C[C@@H](O)C(O[C@H]2OC(CN)=CC[C@H]2NCC(O)CCN)[C@@H](N)C1. The average molecular weight is 503 g/mol. The minimum absolute atomic E-state index is 0.0723. The highest BCUT2D eigenvalue weighted by Crippen LogP contribution is 2.27.